The summed E-state index contributed by atoms with van der Waals surface area (Å²) in [5, 5.41) is 0. The Morgan fingerprint density at radius 3 is 2.57 bits per heavy atom. The molecule has 0 aliphatic heterocycles. The Kier molecular flexibility index (Phi) is 2.15. The molecule has 1 nitrogen and oxygen atoms in total. The first-order valence-corrected chi connectivity index (χ1v) is 5.44. The van der Waals surface area contributed by atoms with Gasteiger partial charge in [-0.3, -0.25) is 0 Å². The van der Waals surface area contributed by atoms with Crippen LogP contribution >= 0.6 is 0 Å². The molecule has 14 heavy (non-hydrogen) atoms. The second-order valence-corrected chi connectivity index (χ2v) is 4.65. The fourth-order valence-corrected chi connectivity index (χ4v) is 2.24. The monoisotopic (exact) mass is 189 g/mol. The molecule has 76 valence electrons. The molecule has 1 heteroatoms. The Morgan fingerprint density at radius 2 is 2.07 bits per heavy atom. The van der Waals surface area contributed by atoms with E-state index >= 15 is 0 Å². The maximum absolute atomic E-state index is 6.34. The first-order valence-electron chi connectivity index (χ1n) is 5.44. The smallest absolute Gasteiger partial charge is 0.0442 e. The van der Waals surface area contributed by atoms with Crippen molar-refractivity contribution in [1.82, 2.24) is 0 Å². The van der Waals surface area contributed by atoms with Crippen molar-refractivity contribution in [3.8, 4) is 0 Å². The van der Waals surface area contributed by atoms with E-state index in [2.05, 4.69) is 39.0 Å². The lowest BCUT2D eigenvalue weighted by Gasteiger charge is -2.13. The summed E-state index contributed by atoms with van der Waals surface area (Å²) in [6, 6.07) is 6.63. The predicted octanol–water partition coefficient (Wildman–Crippen LogP) is 2.89. The lowest BCUT2D eigenvalue weighted by molar-refractivity contribution is 0.615. The first-order chi connectivity index (χ1) is 6.58. The molecule has 0 bridgehead atoms. The Morgan fingerprint density at radius 1 is 1.36 bits per heavy atom. The molecule has 1 saturated carbocycles. The van der Waals surface area contributed by atoms with Crippen molar-refractivity contribution in [2.75, 3.05) is 0 Å². The van der Waals surface area contributed by atoms with Gasteiger partial charge in [0.2, 0.25) is 0 Å². The molecule has 1 aliphatic rings. The van der Waals surface area contributed by atoms with Crippen molar-refractivity contribution in [2.24, 2.45) is 11.7 Å². The number of benzene rings is 1. The van der Waals surface area contributed by atoms with Gasteiger partial charge in [0, 0.05) is 5.54 Å². The summed E-state index contributed by atoms with van der Waals surface area (Å²) in [6.07, 6.45) is 2.36. The quantitative estimate of drug-likeness (QED) is 0.760. The minimum atomic E-state index is -0.00674. The summed E-state index contributed by atoms with van der Waals surface area (Å²) in [4.78, 5) is 0. The van der Waals surface area contributed by atoms with E-state index in [0.717, 1.165) is 6.42 Å². The normalized spacial score (nSPS) is 30.4. The Hall–Kier alpha value is -0.820. The number of hydrogen-bond acceptors (Lipinski definition) is 1. The maximum atomic E-state index is 6.34. The fourth-order valence-electron chi connectivity index (χ4n) is 2.24. The van der Waals surface area contributed by atoms with Crippen molar-refractivity contribution in [3.05, 3.63) is 34.9 Å². The largest absolute Gasteiger partial charge is 0.321 e. The van der Waals surface area contributed by atoms with Gasteiger partial charge in [-0.1, -0.05) is 31.5 Å². The summed E-state index contributed by atoms with van der Waals surface area (Å²) < 4.78 is 0. The molecular weight excluding hydrogens is 170 g/mol. The summed E-state index contributed by atoms with van der Waals surface area (Å²) in [7, 11) is 0. The molecule has 0 aromatic heterocycles. The van der Waals surface area contributed by atoms with Crippen molar-refractivity contribution in [1.29, 1.82) is 0 Å². The van der Waals surface area contributed by atoms with E-state index in [1.54, 1.807) is 0 Å². The minimum Gasteiger partial charge on any atom is -0.321 e. The van der Waals surface area contributed by atoms with Gasteiger partial charge in [-0.05, 0) is 42.9 Å². The van der Waals surface area contributed by atoms with E-state index in [-0.39, 0.29) is 5.54 Å². The van der Waals surface area contributed by atoms with E-state index in [9.17, 15) is 0 Å². The molecule has 2 N–H and O–H groups in total. The Balaban J connectivity index is 2.31. The molecule has 0 amide bonds. The number of rotatable bonds is 2. The lowest BCUT2D eigenvalue weighted by atomic mass is 9.98. The van der Waals surface area contributed by atoms with Crippen LogP contribution in [0.15, 0.2) is 18.2 Å². The van der Waals surface area contributed by atoms with Crippen LogP contribution in [0.2, 0.25) is 0 Å². The first kappa shape index (κ1) is 9.72. The van der Waals surface area contributed by atoms with Crippen LogP contribution in [0.3, 0.4) is 0 Å². The topological polar surface area (TPSA) is 26.0 Å². The summed E-state index contributed by atoms with van der Waals surface area (Å²) in [5.74, 6) is 0.699. The van der Waals surface area contributed by atoms with E-state index in [4.69, 9.17) is 5.73 Å². The van der Waals surface area contributed by atoms with Crippen LogP contribution in [-0.4, -0.2) is 0 Å². The predicted molar refractivity (Wildman–Crippen MR) is 60.2 cm³/mol. The third kappa shape index (κ3) is 1.36. The zero-order valence-electron chi connectivity index (χ0n) is 9.30. The van der Waals surface area contributed by atoms with Crippen LogP contribution in [0.4, 0.5) is 0 Å². The van der Waals surface area contributed by atoms with Gasteiger partial charge in [-0.15, -0.1) is 0 Å². The fraction of sp³-hybridized carbons (Fsp3) is 0.538. The van der Waals surface area contributed by atoms with Crippen LogP contribution < -0.4 is 5.73 Å². The van der Waals surface area contributed by atoms with Gasteiger partial charge in [-0.2, -0.15) is 0 Å². The van der Waals surface area contributed by atoms with Gasteiger partial charge >= 0.3 is 0 Å². The van der Waals surface area contributed by atoms with Gasteiger partial charge < -0.3 is 5.73 Å². The molecule has 1 aromatic rings. The molecule has 0 heterocycles. The molecule has 1 fully saturated rings. The van der Waals surface area contributed by atoms with Gasteiger partial charge in [-0.25, -0.2) is 0 Å². The number of aryl methyl sites for hydroxylation is 2. The SMILES string of the molecule is CCC1CC1(N)c1ccc(C)c(C)c1. The van der Waals surface area contributed by atoms with Crippen molar-refractivity contribution in [3.63, 3.8) is 0 Å². The number of hydrogen-bond donors (Lipinski definition) is 1. The van der Waals surface area contributed by atoms with Crippen LogP contribution in [0, 0.1) is 19.8 Å². The second-order valence-electron chi connectivity index (χ2n) is 4.65. The van der Waals surface area contributed by atoms with Crippen molar-refractivity contribution >= 4 is 0 Å². The third-order valence-electron chi connectivity index (χ3n) is 3.69. The molecule has 2 rings (SSSR count). The van der Waals surface area contributed by atoms with Crippen LogP contribution in [0.1, 0.15) is 36.5 Å². The molecular formula is C13H19N. The minimum absolute atomic E-state index is 0.00674. The van der Waals surface area contributed by atoms with Crippen molar-refractivity contribution < 1.29 is 0 Å². The average molecular weight is 189 g/mol. The summed E-state index contributed by atoms with van der Waals surface area (Å²) in [5.41, 5.74) is 10.4. The highest BCUT2D eigenvalue weighted by Crippen LogP contribution is 2.51. The third-order valence-corrected chi connectivity index (χ3v) is 3.69. The van der Waals surface area contributed by atoms with Crippen LogP contribution in [-0.2, 0) is 5.54 Å². The maximum Gasteiger partial charge on any atom is 0.0442 e. The zero-order chi connectivity index (χ0) is 10.3. The summed E-state index contributed by atoms with van der Waals surface area (Å²) in [6.45, 7) is 6.53. The molecule has 0 saturated heterocycles. The molecule has 2 atom stereocenters. The van der Waals surface area contributed by atoms with Crippen LogP contribution in [0.5, 0.6) is 0 Å². The molecule has 0 spiro atoms. The lowest BCUT2D eigenvalue weighted by Crippen LogP contribution is -2.22. The average Bonchev–Trinajstić information content (AvgIpc) is 2.83. The molecule has 1 aliphatic carbocycles. The highest BCUT2D eigenvalue weighted by molar-refractivity contribution is 5.38. The van der Waals surface area contributed by atoms with Crippen LogP contribution in [0.25, 0.3) is 0 Å². The zero-order valence-corrected chi connectivity index (χ0v) is 9.30. The van der Waals surface area contributed by atoms with E-state index in [1.807, 2.05) is 0 Å². The highest BCUT2D eigenvalue weighted by atomic mass is 14.9. The van der Waals surface area contributed by atoms with Crippen molar-refractivity contribution in [2.45, 2.75) is 39.2 Å². The highest BCUT2D eigenvalue weighted by Gasteiger charge is 2.50. The standard InChI is InChI=1S/C13H19N/c1-4-11-8-13(11,14)12-6-5-9(2)10(3)7-12/h5-7,11H,4,8,14H2,1-3H3. The summed E-state index contributed by atoms with van der Waals surface area (Å²) >= 11 is 0. The van der Waals surface area contributed by atoms with Gasteiger partial charge in [0.15, 0.2) is 0 Å². The second kappa shape index (κ2) is 3.09. The molecule has 2 unspecified atom stereocenters. The van der Waals surface area contributed by atoms with E-state index < -0.39 is 0 Å². The molecule has 0 radical (unpaired) electrons. The Bertz CT molecular complexity index is 356. The number of nitrogens with two attached hydrogens (primary N) is 1. The van der Waals surface area contributed by atoms with Gasteiger partial charge in [0.05, 0.1) is 0 Å². The van der Waals surface area contributed by atoms with Gasteiger partial charge in [0.25, 0.3) is 0 Å². The van der Waals surface area contributed by atoms with E-state index in [1.165, 1.54) is 23.1 Å². The van der Waals surface area contributed by atoms with E-state index in [0.29, 0.717) is 5.92 Å². The van der Waals surface area contributed by atoms with Gasteiger partial charge in [0.1, 0.15) is 0 Å². The Labute approximate surface area is 86.3 Å². The molecule has 1 aromatic carbocycles.